The van der Waals surface area contributed by atoms with Crippen LogP contribution in [0.5, 0.6) is 0 Å². The Labute approximate surface area is 159 Å². The summed E-state index contributed by atoms with van der Waals surface area (Å²) >= 11 is 0. The Morgan fingerprint density at radius 3 is 2.19 bits per heavy atom. The summed E-state index contributed by atoms with van der Waals surface area (Å²) in [5, 5.41) is 0. The van der Waals surface area contributed by atoms with Gasteiger partial charge in [-0.2, -0.15) is 21.6 Å². The second-order valence-corrected chi connectivity index (χ2v) is 8.57. The lowest BCUT2D eigenvalue weighted by atomic mass is 9.84. The number of sulfonamides is 1. The van der Waals surface area contributed by atoms with Crippen LogP contribution in [0.2, 0.25) is 0 Å². The quantitative estimate of drug-likeness (QED) is 0.580. The number of aryl methyl sites for hydroxylation is 2. The molecule has 2 rings (SSSR count). The van der Waals surface area contributed by atoms with E-state index in [1.54, 1.807) is 26.0 Å². The number of halogens is 2. The molecule has 0 saturated heterocycles. The van der Waals surface area contributed by atoms with Crippen LogP contribution in [0.15, 0.2) is 76.0 Å². The second-order valence-electron chi connectivity index (χ2n) is 6.97. The van der Waals surface area contributed by atoms with E-state index in [1.807, 2.05) is 37.3 Å². The largest absolute Gasteiger partial charge is 0.282 e. The van der Waals surface area contributed by atoms with Crippen LogP contribution in [0.1, 0.15) is 31.4 Å². The molecule has 3 nitrogen and oxygen atoms in total. The monoisotopic (exact) mass is 391 g/mol. The minimum atomic E-state index is -3.99. The zero-order valence-electron chi connectivity index (χ0n) is 15.6. The lowest BCUT2D eigenvalue weighted by molar-refractivity contribution is 0.405. The minimum Gasteiger partial charge on any atom is -0.199 e. The highest BCUT2D eigenvalue weighted by Gasteiger charge is 2.27. The standard InChI is InChI=1S/C21H23F2NO2S/c1-16-9-12-18(13-10-16)27(25,26)24-19(21(2,3)15-20(22)23)14-11-17-7-5-4-6-8-17/h4-10,12-13,15H,11,14H2,1-3H3/b24-19-. The third-order valence-corrected chi connectivity index (χ3v) is 5.58. The van der Waals surface area contributed by atoms with Gasteiger partial charge in [-0.25, -0.2) is 0 Å². The molecule has 144 valence electrons. The van der Waals surface area contributed by atoms with Crippen molar-refractivity contribution in [1.29, 1.82) is 0 Å². The van der Waals surface area contributed by atoms with Crippen molar-refractivity contribution in [3.63, 3.8) is 0 Å². The fourth-order valence-corrected chi connectivity index (χ4v) is 3.86. The van der Waals surface area contributed by atoms with Gasteiger partial charge in [0, 0.05) is 11.1 Å². The van der Waals surface area contributed by atoms with E-state index in [-0.39, 0.29) is 17.0 Å². The SMILES string of the molecule is Cc1ccc(S(=O)(=O)/N=C(/CCc2ccccc2)C(C)(C)C=C(F)F)cc1. The van der Waals surface area contributed by atoms with E-state index < -0.39 is 21.5 Å². The van der Waals surface area contributed by atoms with Crippen LogP contribution in [-0.2, 0) is 16.4 Å². The van der Waals surface area contributed by atoms with Gasteiger partial charge in [0.15, 0.2) is 0 Å². The topological polar surface area (TPSA) is 46.5 Å². The summed E-state index contributed by atoms with van der Waals surface area (Å²) < 4.78 is 55.2. The maximum absolute atomic E-state index is 12.9. The molecule has 0 fully saturated rings. The Kier molecular flexibility index (Phi) is 6.65. The maximum atomic E-state index is 12.9. The van der Waals surface area contributed by atoms with Crippen LogP contribution in [-0.4, -0.2) is 14.1 Å². The number of rotatable bonds is 7. The highest BCUT2D eigenvalue weighted by atomic mass is 32.2. The summed E-state index contributed by atoms with van der Waals surface area (Å²) in [5.41, 5.74) is 0.911. The molecule has 0 aromatic heterocycles. The number of nitrogens with zero attached hydrogens (tertiary/aromatic N) is 1. The van der Waals surface area contributed by atoms with E-state index >= 15 is 0 Å². The molecule has 0 N–H and O–H groups in total. The van der Waals surface area contributed by atoms with Crippen molar-refractivity contribution >= 4 is 15.7 Å². The van der Waals surface area contributed by atoms with Gasteiger partial charge in [0.1, 0.15) is 0 Å². The first-order chi connectivity index (χ1) is 12.6. The molecule has 0 aliphatic carbocycles. The summed E-state index contributed by atoms with van der Waals surface area (Å²) in [4.78, 5) is 0.0470. The van der Waals surface area contributed by atoms with Crippen LogP contribution < -0.4 is 0 Å². The third-order valence-electron chi connectivity index (χ3n) is 4.26. The molecule has 2 aromatic carbocycles. The van der Waals surface area contributed by atoms with Crippen LogP contribution in [0.3, 0.4) is 0 Å². The van der Waals surface area contributed by atoms with Gasteiger partial charge in [-0.3, -0.25) is 0 Å². The smallest absolute Gasteiger partial charge is 0.199 e. The van der Waals surface area contributed by atoms with Crippen LogP contribution in [0.25, 0.3) is 0 Å². The number of hydrogen-bond donors (Lipinski definition) is 0. The summed E-state index contributed by atoms with van der Waals surface area (Å²) in [7, 11) is -3.99. The molecular formula is C21H23F2NO2S. The molecule has 0 atom stereocenters. The fourth-order valence-electron chi connectivity index (χ4n) is 2.66. The molecule has 0 bridgehead atoms. The Bertz CT molecular complexity index is 928. The van der Waals surface area contributed by atoms with E-state index in [2.05, 4.69) is 4.40 Å². The minimum absolute atomic E-state index is 0.0470. The van der Waals surface area contributed by atoms with Gasteiger partial charge >= 0.3 is 0 Å². The summed E-state index contributed by atoms with van der Waals surface area (Å²) in [6.07, 6.45) is -0.345. The van der Waals surface area contributed by atoms with Gasteiger partial charge < -0.3 is 0 Å². The first-order valence-electron chi connectivity index (χ1n) is 8.59. The molecule has 6 heteroatoms. The van der Waals surface area contributed by atoms with Crippen molar-refractivity contribution in [2.24, 2.45) is 9.81 Å². The maximum Gasteiger partial charge on any atom is 0.282 e. The number of allylic oxidation sites excluding steroid dienone is 1. The lowest BCUT2D eigenvalue weighted by Crippen LogP contribution is -2.24. The van der Waals surface area contributed by atoms with Crippen molar-refractivity contribution in [3.8, 4) is 0 Å². The first-order valence-corrected chi connectivity index (χ1v) is 10.0. The summed E-state index contributed by atoms with van der Waals surface area (Å²) in [6, 6.07) is 15.8. The van der Waals surface area contributed by atoms with Crippen LogP contribution >= 0.6 is 0 Å². The second kappa shape index (κ2) is 8.57. The van der Waals surface area contributed by atoms with Crippen LogP contribution in [0.4, 0.5) is 8.78 Å². The predicted molar refractivity (Wildman–Crippen MR) is 105 cm³/mol. The van der Waals surface area contributed by atoms with Crippen LogP contribution in [0, 0.1) is 12.3 Å². The summed E-state index contributed by atoms with van der Waals surface area (Å²) in [5.74, 6) is 0. The average molecular weight is 391 g/mol. The van der Waals surface area contributed by atoms with Gasteiger partial charge in [-0.1, -0.05) is 61.9 Å². The number of benzene rings is 2. The van der Waals surface area contributed by atoms with Gasteiger partial charge in [-0.05, 0) is 43.5 Å². The van der Waals surface area contributed by atoms with E-state index in [4.69, 9.17) is 0 Å². The molecule has 27 heavy (non-hydrogen) atoms. The molecule has 0 heterocycles. The molecule has 0 unspecified atom stereocenters. The Balaban J connectivity index is 2.42. The Morgan fingerprint density at radius 1 is 1.04 bits per heavy atom. The lowest BCUT2D eigenvalue weighted by Gasteiger charge is -2.22. The molecular weight excluding hydrogens is 368 g/mol. The Hall–Kier alpha value is -2.34. The molecule has 0 amide bonds. The normalized spacial score (nSPS) is 12.7. The zero-order valence-corrected chi connectivity index (χ0v) is 16.4. The number of hydrogen-bond acceptors (Lipinski definition) is 2. The third kappa shape index (κ3) is 6.10. The van der Waals surface area contributed by atoms with Crippen molar-refractivity contribution < 1.29 is 17.2 Å². The van der Waals surface area contributed by atoms with Crippen molar-refractivity contribution in [2.75, 3.05) is 0 Å². The Morgan fingerprint density at radius 2 is 1.63 bits per heavy atom. The van der Waals surface area contributed by atoms with E-state index in [0.29, 0.717) is 6.42 Å². The molecule has 0 aliphatic heterocycles. The van der Waals surface area contributed by atoms with Crippen molar-refractivity contribution in [3.05, 3.63) is 77.9 Å². The molecule has 0 spiro atoms. The first kappa shape index (κ1) is 21.0. The molecule has 2 aromatic rings. The van der Waals surface area contributed by atoms with Gasteiger partial charge in [-0.15, -0.1) is 0 Å². The van der Waals surface area contributed by atoms with Crippen molar-refractivity contribution in [1.82, 2.24) is 0 Å². The highest BCUT2D eigenvalue weighted by molar-refractivity contribution is 7.90. The molecule has 0 aliphatic rings. The fraction of sp³-hybridized carbons (Fsp3) is 0.286. The van der Waals surface area contributed by atoms with Gasteiger partial charge in [0.05, 0.1) is 4.90 Å². The van der Waals surface area contributed by atoms with E-state index in [9.17, 15) is 17.2 Å². The van der Waals surface area contributed by atoms with Gasteiger partial charge in [0.25, 0.3) is 16.1 Å². The summed E-state index contributed by atoms with van der Waals surface area (Å²) in [6.45, 7) is 4.93. The van der Waals surface area contributed by atoms with Crippen molar-refractivity contribution in [2.45, 2.75) is 38.5 Å². The highest BCUT2D eigenvalue weighted by Crippen LogP contribution is 2.28. The average Bonchev–Trinajstić information content (AvgIpc) is 2.58. The van der Waals surface area contributed by atoms with E-state index in [0.717, 1.165) is 17.2 Å². The van der Waals surface area contributed by atoms with Gasteiger partial charge in [0.2, 0.25) is 0 Å². The van der Waals surface area contributed by atoms with E-state index in [1.165, 1.54) is 12.1 Å². The molecule has 0 saturated carbocycles. The molecule has 0 radical (unpaired) electrons. The predicted octanol–water partition coefficient (Wildman–Crippen LogP) is 5.56. The zero-order chi connectivity index (χ0) is 20.1.